The van der Waals surface area contributed by atoms with E-state index in [1.54, 1.807) is 30.3 Å². The van der Waals surface area contributed by atoms with Crippen molar-refractivity contribution in [2.45, 2.75) is 0 Å². The average molecular weight is 505 g/mol. The van der Waals surface area contributed by atoms with Crippen LogP contribution in [0, 0.1) is 0 Å². The van der Waals surface area contributed by atoms with Crippen molar-refractivity contribution in [2.75, 3.05) is 29.6 Å². The molecule has 0 spiro atoms. The van der Waals surface area contributed by atoms with E-state index in [9.17, 15) is 13.2 Å². The van der Waals surface area contributed by atoms with E-state index in [2.05, 4.69) is 37.4 Å². The maximum atomic E-state index is 12.2. The van der Waals surface area contributed by atoms with Crippen LogP contribution < -0.4 is 25.6 Å². The van der Waals surface area contributed by atoms with Crippen molar-refractivity contribution in [1.82, 2.24) is 15.4 Å². The number of para-hydroxylation sites is 1. The quantitative estimate of drug-likeness (QED) is 0.303. The van der Waals surface area contributed by atoms with Crippen LogP contribution in [-0.2, 0) is 14.9 Å². The summed E-state index contributed by atoms with van der Waals surface area (Å²) in [5, 5.41) is 6.99. The number of nitrogens with zero attached hydrogens (tertiary/aromatic N) is 2. The van der Waals surface area contributed by atoms with Gasteiger partial charge in [0.25, 0.3) is 15.9 Å². The molecule has 0 saturated heterocycles. The van der Waals surface area contributed by atoms with Gasteiger partial charge in [-0.25, -0.2) is 18.9 Å². The largest absolute Gasteiger partial charge is 0.495 e. The molecule has 0 saturated carbocycles. The zero-order chi connectivity index (χ0) is 24.7. The first-order chi connectivity index (χ1) is 16.3. The molecule has 0 bridgehead atoms. The number of aromatic nitrogens is 2. The van der Waals surface area contributed by atoms with Crippen LogP contribution in [0.15, 0.2) is 60.6 Å². The highest BCUT2D eigenvalue weighted by atomic mass is 35.5. The highest BCUT2D eigenvalue weighted by Crippen LogP contribution is 2.32. The third kappa shape index (κ3) is 6.13. The number of nitrogens with one attached hydrogen (secondary N) is 4. The zero-order valence-electron chi connectivity index (χ0n) is 18.1. The molecule has 34 heavy (non-hydrogen) atoms. The van der Waals surface area contributed by atoms with Gasteiger partial charge in [0.2, 0.25) is 5.95 Å². The van der Waals surface area contributed by atoms with Crippen molar-refractivity contribution < 1.29 is 22.8 Å². The van der Waals surface area contributed by atoms with E-state index in [1.807, 2.05) is 0 Å². The van der Waals surface area contributed by atoms with E-state index >= 15 is 0 Å². The SMILES string of the molecule is C=CS(=O)(=O)Nc1ccc(OC)c(Nc2ncc(Cl)c(Nc3ccccc3C(=O)NOC)n2)c1. The zero-order valence-corrected chi connectivity index (χ0v) is 19.7. The number of hydrogen-bond donors (Lipinski definition) is 4. The molecular formula is C21H21ClN6O5S. The molecular weight excluding hydrogens is 484 g/mol. The Bertz CT molecular complexity index is 1320. The molecule has 13 heteroatoms. The Labute approximate surface area is 201 Å². The van der Waals surface area contributed by atoms with Gasteiger partial charge < -0.3 is 15.4 Å². The fourth-order valence-electron chi connectivity index (χ4n) is 2.78. The third-order valence-electron chi connectivity index (χ3n) is 4.29. The van der Waals surface area contributed by atoms with Crippen molar-refractivity contribution in [3.8, 4) is 5.75 Å². The van der Waals surface area contributed by atoms with Gasteiger partial charge in [-0.3, -0.25) is 14.4 Å². The van der Waals surface area contributed by atoms with E-state index in [4.69, 9.17) is 21.2 Å². The van der Waals surface area contributed by atoms with E-state index < -0.39 is 15.9 Å². The fraction of sp³-hybridized carbons (Fsp3) is 0.0952. The molecule has 0 radical (unpaired) electrons. The van der Waals surface area contributed by atoms with Crippen LogP contribution >= 0.6 is 11.6 Å². The number of carbonyl (C=O) groups is 1. The molecule has 4 N–H and O–H groups in total. The van der Waals surface area contributed by atoms with Crippen molar-refractivity contribution in [1.29, 1.82) is 0 Å². The standard InChI is InChI=1S/C21H21ClN6O5S/c1-4-34(30,31)28-13-9-10-18(32-2)17(11-13)25-21-23-12-15(22)19(26-21)24-16-8-6-5-7-14(16)20(29)27-33-3/h4-12,28H,1H2,2-3H3,(H,27,29)(H2,23,24,25,26). The lowest BCUT2D eigenvalue weighted by molar-refractivity contribution is 0.0538. The second-order valence-electron chi connectivity index (χ2n) is 6.55. The third-order valence-corrected chi connectivity index (χ3v) is 5.52. The summed E-state index contributed by atoms with van der Waals surface area (Å²) in [7, 11) is -0.903. The van der Waals surface area contributed by atoms with Gasteiger partial charge in [0.1, 0.15) is 10.8 Å². The summed E-state index contributed by atoms with van der Waals surface area (Å²) in [5.41, 5.74) is 3.66. The van der Waals surface area contributed by atoms with Crippen molar-refractivity contribution in [3.05, 3.63) is 71.2 Å². The Hall–Kier alpha value is -3.87. The number of methoxy groups -OCH3 is 1. The molecule has 0 aliphatic heterocycles. The van der Waals surface area contributed by atoms with Crippen LogP contribution in [0.1, 0.15) is 10.4 Å². The van der Waals surface area contributed by atoms with Gasteiger partial charge in [-0.05, 0) is 30.3 Å². The van der Waals surface area contributed by atoms with Gasteiger partial charge in [0, 0.05) is 5.41 Å². The Morgan fingerprint density at radius 3 is 2.59 bits per heavy atom. The van der Waals surface area contributed by atoms with Crippen molar-refractivity contribution in [2.24, 2.45) is 0 Å². The lowest BCUT2D eigenvalue weighted by Crippen LogP contribution is -2.22. The van der Waals surface area contributed by atoms with Crippen LogP contribution in [0.3, 0.4) is 0 Å². The van der Waals surface area contributed by atoms with Crippen LogP contribution in [0.2, 0.25) is 5.02 Å². The number of carbonyl (C=O) groups excluding carboxylic acids is 1. The van der Waals surface area contributed by atoms with Crippen LogP contribution in [0.4, 0.5) is 28.8 Å². The maximum absolute atomic E-state index is 12.2. The normalized spacial score (nSPS) is 10.8. The monoisotopic (exact) mass is 504 g/mol. The molecule has 1 amide bonds. The van der Waals surface area contributed by atoms with Crippen LogP contribution in [-0.4, -0.2) is 38.5 Å². The summed E-state index contributed by atoms with van der Waals surface area (Å²) < 4.78 is 31.3. The van der Waals surface area contributed by atoms with Crippen molar-refractivity contribution >= 4 is 56.4 Å². The highest BCUT2D eigenvalue weighted by molar-refractivity contribution is 7.95. The van der Waals surface area contributed by atoms with Gasteiger partial charge in [0.15, 0.2) is 5.82 Å². The lowest BCUT2D eigenvalue weighted by atomic mass is 10.1. The van der Waals surface area contributed by atoms with Gasteiger partial charge in [0.05, 0.1) is 43.0 Å². The number of anilines is 5. The first-order valence-corrected chi connectivity index (χ1v) is 11.5. The molecule has 0 atom stereocenters. The first kappa shape index (κ1) is 24.8. The topological polar surface area (TPSA) is 144 Å². The molecule has 1 heterocycles. The number of ether oxygens (including phenoxy) is 1. The molecule has 178 valence electrons. The molecule has 0 fully saturated rings. The minimum atomic E-state index is -3.70. The van der Waals surface area contributed by atoms with Gasteiger partial charge in [-0.1, -0.05) is 30.3 Å². The van der Waals surface area contributed by atoms with E-state index in [0.717, 1.165) is 5.41 Å². The molecule has 11 nitrogen and oxygen atoms in total. The Morgan fingerprint density at radius 2 is 1.88 bits per heavy atom. The fourth-order valence-corrected chi connectivity index (χ4v) is 3.45. The molecule has 1 aromatic heterocycles. The first-order valence-electron chi connectivity index (χ1n) is 9.58. The summed E-state index contributed by atoms with van der Waals surface area (Å²) >= 11 is 6.26. The number of sulfonamides is 1. The lowest BCUT2D eigenvalue weighted by Gasteiger charge is -2.15. The molecule has 0 unspecified atom stereocenters. The van der Waals surface area contributed by atoms with E-state index in [0.29, 0.717) is 22.7 Å². The molecule has 3 rings (SSSR count). The minimum Gasteiger partial charge on any atom is -0.495 e. The van der Waals surface area contributed by atoms with Crippen LogP contribution in [0.25, 0.3) is 0 Å². The minimum absolute atomic E-state index is 0.132. The Morgan fingerprint density at radius 1 is 1.12 bits per heavy atom. The summed E-state index contributed by atoms with van der Waals surface area (Å²) in [4.78, 5) is 25.5. The smallest absolute Gasteiger partial charge is 0.276 e. The predicted molar refractivity (Wildman–Crippen MR) is 130 cm³/mol. The Kier molecular flexibility index (Phi) is 7.89. The number of hydroxylamine groups is 1. The summed E-state index contributed by atoms with van der Waals surface area (Å²) in [5.74, 6) is 0.306. The second kappa shape index (κ2) is 10.8. The summed E-state index contributed by atoms with van der Waals surface area (Å²) in [6.45, 7) is 3.27. The van der Waals surface area contributed by atoms with Crippen LogP contribution in [0.5, 0.6) is 5.75 Å². The molecule has 3 aromatic rings. The summed E-state index contributed by atoms with van der Waals surface area (Å²) in [6, 6.07) is 11.3. The van der Waals surface area contributed by atoms with Gasteiger partial charge in [-0.2, -0.15) is 4.98 Å². The number of hydrogen-bond acceptors (Lipinski definition) is 9. The number of benzene rings is 2. The van der Waals surface area contributed by atoms with Gasteiger partial charge in [-0.15, -0.1) is 0 Å². The molecule has 0 aliphatic rings. The number of amides is 1. The number of halogens is 1. The van der Waals surface area contributed by atoms with E-state index in [1.165, 1.54) is 32.5 Å². The average Bonchev–Trinajstić information content (AvgIpc) is 2.82. The molecule has 0 aliphatic carbocycles. The predicted octanol–water partition coefficient (Wildman–Crippen LogP) is 3.80. The number of rotatable bonds is 10. The Balaban J connectivity index is 1.91. The molecule has 2 aromatic carbocycles. The maximum Gasteiger partial charge on any atom is 0.276 e. The van der Waals surface area contributed by atoms with Gasteiger partial charge >= 0.3 is 0 Å². The second-order valence-corrected chi connectivity index (χ2v) is 8.58. The highest BCUT2D eigenvalue weighted by Gasteiger charge is 2.15. The van der Waals surface area contributed by atoms with Crippen molar-refractivity contribution in [3.63, 3.8) is 0 Å². The summed E-state index contributed by atoms with van der Waals surface area (Å²) in [6.07, 6.45) is 1.37. The van der Waals surface area contributed by atoms with E-state index in [-0.39, 0.29) is 22.5 Å².